The van der Waals surface area contributed by atoms with Crippen LogP contribution in [0.1, 0.15) is 10.9 Å². The van der Waals surface area contributed by atoms with Gasteiger partial charge in [0, 0.05) is 9.35 Å². The lowest BCUT2D eigenvalue weighted by Crippen LogP contribution is -2.23. The molecule has 0 bridgehead atoms. The molecule has 2 nitrogen and oxygen atoms in total. The van der Waals surface area contributed by atoms with E-state index in [0.29, 0.717) is 6.61 Å². The second kappa shape index (κ2) is 4.11. The molecule has 16 heavy (non-hydrogen) atoms. The molecule has 0 saturated heterocycles. The van der Waals surface area contributed by atoms with Crippen LogP contribution < -0.4 is 10.1 Å². The number of fused-ring (bicyclic) bond motifs is 1. The van der Waals surface area contributed by atoms with Gasteiger partial charge in [-0.05, 0) is 29.6 Å². The van der Waals surface area contributed by atoms with Crippen LogP contribution in [0.2, 0.25) is 0 Å². The van der Waals surface area contributed by atoms with E-state index in [-0.39, 0.29) is 6.04 Å². The van der Waals surface area contributed by atoms with Crippen LogP contribution >= 0.6 is 27.3 Å². The first-order valence-corrected chi connectivity index (χ1v) is 6.72. The van der Waals surface area contributed by atoms with Gasteiger partial charge in [0.2, 0.25) is 0 Å². The lowest BCUT2D eigenvalue weighted by molar-refractivity contribution is 0.288. The molecule has 2 aromatic rings. The molecule has 1 atom stereocenters. The van der Waals surface area contributed by atoms with Gasteiger partial charge in [0.05, 0.1) is 11.7 Å². The summed E-state index contributed by atoms with van der Waals surface area (Å²) in [5.41, 5.74) is 1.06. The standard InChI is InChI=1S/C12H10BrNOS/c13-8-3-4-9-11(6-8)15-7-10(14-9)12-2-1-5-16-12/h1-6,10,14H,7H2. The molecule has 1 N–H and O–H groups in total. The lowest BCUT2D eigenvalue weighted by Gasteiger charge is -2.26. The highest BCUT2D eigenvalue weighted by Crippen LogP contribution is 2.36. The molecule has 0 amide bonds. The zero-order valence-corrected chi connectivity index (χ0v) is 10.8. The summed E-state index contributed by atoms with van der Waals surface area (Å²) in [6, 6.07) is 10.5. The van der Waals surface area contributed by atoms with Gasteiger partial charge in [0.25, 0.3) is 0 Å². The first kappa shape index (κ1) is 10.2. The molecule has 1 unspecified atom stereocenters. The Kier molecular flexibility index (Phi) is 2.61. The smallest absolute Gasteiger partial charge is 0.143 e. The topological polar surface area (TPSA) is 21.3 Å². The third kappa shape index (κ3) is 1.83. The van der Waals surface area contributed by atoms with Crippen LogP contribution in [0.4, 0.5) is 5.69 Å². The summed E-state index contributed by atoms with van der Waals surface area (Å²) in [7, 11) is 0. The molecule has 3 rings (SSSR count). The fraction of sp³-hybridized carbons (Fsp3) is 0.167. The molecular weight excluding hydrogens is 286 g/mol. The molecule has 1 aromatic carbocycles. The summed E-state index contributed by atoms with van der Waals surface area (Å²) in [6.07, 6.45) is 0. The van der Waals surface area contributed by atoms with Crippen LogP contribution in [0.25, 0.3) is 0 Å². The van der Waals surface area contributed by atoms with Crippen LogP contribution in [0.15, 0.2) is 40.2 Å². The summed E-state index contributed by atoms with van der Waals surface area (Å²) < 4.78 is 6.80. The van der Waals surface area contributed by atoms with Gasteiger partial charge in [-0.1, -0.05) is 22.0 Å². The molecule has 1 aromatic heterocycles. The summed E-state index contributed by atoms with van der Waals surface area (Å²) in [4.78, 5) is 1.31. The van der Waals surface area contributed by atoms with E-state index in [2.05, 4.69) is 38.8 Å². The quantitative estimate of drug-likeness (QED) is 0.857. The van der Waals surface area contributed by atoms with Crippen molar-refractivity contribution in [3.63, 3.8) is 0 Å². The highest BCUT2D eigenvalue weighted by atomic mass is 79.9. The number of anilines is 1. The Labute approximate surface area is 106 Å². The van der Waals surface area contributed by atoms with Crippen molar-refractivity contribution in [1.82, 2.24) is 0 Å². The zero-order valence-electron chi connectivity index (χ0n) is 8.44. The maximum atomic E-state index is 5.75. The number of hydrogen-bond acceptors (Lipinski definition) is 3. The van der Waals surface area contributed by atoms with Crippen molar-refractivity contribution < 1.29 is 4.74 Å². The average Bonchev–Trinajstić information content (AvgIpc) is 2.82. The molecule has 0 aliphatic carbocycles. The molecule has 1 aliphatic heterocycles. The van der Waals surface area contributed by atoms with Crippen molar-refractivity contribution in [3.8, 4) is 5.75 Å². The molecule has 0 radical (unpaired) electrons. The van der Waals surface area contributed by atoms with Crippen LogP contribution in [-0.4, -0.2) is 6.61 Å². The number of thiophene rings is 1. The molecule has 82 valence electrons. The summed E-state index contributed by atoms with van der Waals surface area (Å²) in [6.45, 7) is 0.684. The molecule has 0 spiro atoms. The van der Waals surface area contributed by atoms with Gasteiger partial charge in [0.1, 0.15) is 12.4 Å². The second-order valence-electron chi connectivity index (χ2n) is 3.66. The van der Waals surface area contributed by atoms with Gasteiger partial charge < -0.3 is 10.1 Å². The fourth-order valence-corrected chi connectivity index (χ4v) is 2.88. The van der Waals surface area contributed by atoms with E-state index in [4.69, 9.17) is 4.74 Å². The Morgan fingerprint density at radius 2 is 2.31 bits per heavy atom. The zero-order chi connectivity index (χ0) is 11.0. The minimum absolute atomic E-state index is 0.272. The minimum atomic E-state index is 0.272. The molecule has 0 fully saturated rings. The number of halogens is 1. The van der Waals surface area contributed by atoms with Crippen LogP contribution in [0, 0.1) is 0 Å². The number of hydrogen-bond donors (Lipinski definition) is 1. The normalized spacial score (nSPS) is 18.4. The van der Waals surface area contributed by atoms with Gasteiger partial charge >= 0.3 is 0 Å². The Morgan fingerprint density at radius 3 is 3.12 bits per heavy atom. The largest absolute Gasteiger partial charge is 0.489 e. The fourth-order valence-electron chi connectivity index (χ4n) is 1.78. The first-order valence-electron chi connectivity index (χ1n) is 5.05. The van der Waals surface area contributed by atoms with E-state index in [1.54, 1.807) is 11.3 Å². The second-order valence-corrected chi connectivity index (χ2v) is 5.56. The predicted molar refractivity (Wildman–Crippen MR) is 70.3 cm³/mol. The summed E-state index contributed by atoms with van der Waals surface area (Å²) in [5, 5.41) is 5.58. The third-order valence-electron chi connectivity index (χ3n) is 2.57. The van der Waals surface area contributed by atoms with Crippen molar-refractivity contribution >= 4 is 33.0 Å². The van der Waals surface area contributed by atoms with Crippen LogP contribution in [0.3, 0.4) is 0 Å². The van der Waals surface area contributed by atoms with Gasteiger partial charge in [-0.3, -0.25) is 0 Å². The van der Waals surface area contributed by atoms with Crippen molar-refractivity contribution in [2.75, 3.05) is 11.9 Å². The average molecular weight is 296 g/mol. The number of rotatable bonds is 1. The van der Waals surface area contributed by atoms with E-state index < -0.39 is 0 Å². The van der Waals surface area contributed by atoms with Gasteiger partial charge in [-0.15, -0.1) is 11.3 Å². The maximum absolute atomic E-state index is 5.75. The van der Waals surface area contributed by atoms with Crippen molar-refractivity contribution in [1.29, 1.82) is 0 Å². The Bertz CT molecular complexity index is 498. The van der Waals surface area contributed by atoms with E-state index >= 15 is 0 Å². The third-order valence-corrected chi connectivity index (χ3v) is 4.04. The Balaban J connectivity index is 1.89. The van der Waals surface area contributed by atoms with Crippen LogP contribution in [0.5, 0.6) is 5.75 Å². The SMILES string of the molecule is Brc1ccc2c(c1)OCC(c1cccs1)N2. The van der Waals surface area contributed by atoms with Crippen LogP contribution in [-0.2, 0) is 0 Å². The minimum Gasteiger partial charge on any atom is -0.489 e. The number of benzene rings is 1. The lowest BCUT2D eigenvalue weighted by atomic mass is 10.2. The highest BCUT2D eigenvalue weighted by molar-refractivity contribution is 9.10. The molecule has 4 heteroatoms. The molecular formula is C12H10BrNOS. The van der Waals surface area contributed by atoms with Crippen molar-refractivity contribution in [3.05, 3.63) is 45.1 Å². The summed E-state index contributed by atoms with van der Waals surface area (Å²) >= 11 is 5.19. The predicted octanol–water partition coefficient (Wildman–Crippen LogP) is 4.06. The van der Waals surface area contributed by atoms with Crippen molar-refractivity contribution in [2.45, 2.75) is 6.04 Å². The van der Waals surface area contributed by atoms with E-state index in [1.165, 1.54) is 4.88 Å². The highest BCUT2D eigenvalue weighted by Gasteiger charge is 2.20. The van der Waals surface area contributed by atoms with Gasteiger partial charge in [-0.25, -0.2) is 0 Å². The number of nitrogens with one attached hydrogen (secondary N) is 1. The van der Waals surface area contributed by atoms with Gasteiger partial charge in [-0.2, -0.15) is 0 Å². The molecule has 1 aliphatic rings. The van der Waals surface area contributed by atoms with E-state index in [0.717, 1.165) is 15.9 Å². The van der Waals surface area contributed by atoms with E-state index in [9.17, 15) is 0 Å². The summed E-state index contributed by atoms with van der Waals surface area (Å²) in [5.74, 6) is 0.919. The number of ether oxygens (including phenoxy) is 1. The van der Waals surface area contributed by atoms with Gasteiger partial charge in [0.15, 0.2) is 0 Å². The monoisotopic (exact) mass is 295 g/mol. The Morgan fingerprint density at radius 1 is 1.38 bits per heavy atom. The Hall–Kier alpha value is -1.00. The van der Waals surface area contributed by atoms with E-state index in [1.807, 2.05) is 18.2 Å². The first-order chi connectivity index (χ1) is 7.83. The molecule has 2 heterocycles. The van der Waals surface area contributed by atoms with Crippen molar-refractivity contribution in [2.24, 2.45) is 0 Å². The maximum Gasteiger partial charge on any atom is 0.143 e. The molecule has 0 saturated carbocycles.